The van der Waals surface area contributed by atoms with Gasteiger partial charge in [0, 0.05) is 23.3 Å². The molecule has 3 rings (SSSR count). The number of hydrogen-bond donors (Lipinski definition) is 0. The molecule has 0 saturated carbocycles. The van der Waals surface area contributed by atoms with Crippen LogP contribution in [-0.2, 0) is 0 Å². The molecule has 0 atom stereocenters. The Morgan fingerprint density at radius 2 is 2.11 bits per heavy atom. The lowest BCUT2D eigenvalue weighted by Gasteiger charge is -1.96. The predicted molar refractivity (Wildman–Crippen MR) is 73.9 cm³/mol. The van der Waals surface area contributed by atoms with Gasteiger partial charge in [0.25, 0.3) is 0 Å². The van der Waals surface area contributed by atoms with E-state index in [0.717, 1.165) is 22.1 Å². The van der Waals surface area contributed by atoms with Crippen molar-refractivity contribution in [3.63, 3.8) is 0 Å². The number of fused-ring (bicyclic) bond motifs is 1. The van der Waals surface area contributed by atoms with E-state index in [1.807, 2.05) is 42.5 Å². The van der Waals surface area contributed by atoms with Crippen LogP contribution in [0.15, 0.2) is 59.5 Å². The first-order valence-electron chi connectivity index (χ1n) is 5.87. The molecule has 0 aliphatic rings. The third-order valence-electron chi connectivity index (χ3n) is 2.89. The molecular weight excluding hydrogens is 236 g/mol. The molecule has 0 aliphatic carbocycles. The second-order valence-electron chi connectivity index (χ2n) is 4.10. The fraction of sp³-hybridized carbons (Fsp3) is 0. The summed E-state index contributed by atoms with van der Waals surface area (Å²) in [6.07, 6.45) is 6.86. The Balaban J connectivity index is 2.14. The van der Waals surface area contributed by atoms with Crippen molar-refractivity contribution in [2.75, 3.05) is 0 Å². The summed E-state index contributed by atoms with van der Waals surface area (Å²) in [6.45, 7) is 0. The van der Waals surface area contributed by atoms with Gasteiger partial charge in [0.05, 0.1) is 11.6 Å². The summed E-state index contributed by atoms with van der Waals surface area (Å²) in [6, 6.07) is 13.6. The highest BCUT2D eigenvalue weighted by Gasteiger charge is 2.09. The van der Waals surface area contributed by atoms with Crippen molar-refractivity contribution in [2.45, 2.75) is 0 Å². The van der Waals surface area contributed by atoms with Gasteiger partial charge in [-0.25, -0.2) is 0 Å². The predicted octanol–water partition coefficient (Wildman–Crippen LogP) is 3.89. The molecule has 0 spiro atoms. The average Bonchev–Trinajstić information content (AvgIpc) is 2.90. The molecule has 0 saturated heterocycles. The minimum absolute atomic E-state index is 0.568. The topological polar surface area (TPSA) is 49.8 Å². The van der Waals surface area contributed by atoms with Crippen molar-refractivity contribution >= 4 is 22.6 Å². The number of hydrogen-bond acceptors (Lipinski definition) is 3. The maximum absolute atomic E-state index is 9.34. The molecule has 2 aromatic heterocycles. The summed E-state index contributed by atoms with van der Waals surface area (Å²) >= 11 is 0. The van der Waals surface area contributed by atoms with Crippen LogP contribution in [0.3, 0.4) is 0 Å². The summed E-state index contributed by atoms with van der Waals surface area (Å²) in [5.41, 5.74) is 3.05. The highest BCUT2D eigenvalue weighted by atomic mass is 16.3. The first-order valence-corrected chi connectivity index (χ1v) is 5.87. The zero-order valence-corrected chi connectivity index (χ0v) is 10.1. The Morgan fingerprint density at radius 3 is 2.89 bits per heavy atom. The normalized spacial score (nSPS) is 11.4. The molecule has 3 aromatic rings. The molecule has 3 heteroatoms. The summed E-state index contributed by atoms with van der Waals surface area (Å²) in [7, 11) is 0. The highest BCUT2D eigenvalue weighted by Crippen LogP contribution is 2.27. The van der Waals surface area contributed by atoms with E-state index >= 15 is 0 Å². The molecule has 0 radical (unpaired) electrons. The maximum atomic E-state index is 9.34. The van der Waals surface area contributed by atoms with E-state index in [1.165, 1.54) is 0 Å². The lowest BCUT2D eigenvalue weighted by molar-refractivity contribution is 0.615. The Labute approximate surface area is 110 Å². The Morgan fingerprint density at radius 1 is 1.21 bits per heavy atom. The number of benzene rings is 1. The largest absolute Gasteiger partial charge is 0.464 e. The van der Waals surface area contributed by atoms with Crippen molar-refractivity contribution < 1.29 is 4.42 Å². The molecule has 1 aromatic carbocycles. The number of furan rings is 1. The first-order chi connectivity index (χ1) is 9.38. The van der Waals surface area contributed by atoms with Gasteiger partial charge in [0.2, 0.25) is 0 Å². The minimum atomic E-state index is 0.568. The van der Waals surface area contributed by atoms with Gasteiger partial charge in [0.1, 0.15) is 11.8 Å². The van der Waals surface area contributed by atoms with Gasteiger partial charge in [-0.15, -0.1) is 0 Å². The fourth-order valence-corrected chi connectivity index (χ4v) is 1.98. The molecular formula is C16H10N2O. The molecule has 3 nitrogen and oxygen atoms in total. The van der Waals surface area contributed by atoms with Crippen LogP contribution in [0.25, 0.3) is 22.6 Å². The number of rotatable bonds is 2. The first kappa shape index (κ1) is 11.2. The zero-order valence-electron chi connectivity index (χ0n) is 10.1. The van der Waals surface area contributed by atoms with Crippen LogP contribution < -0.4 is 0 Å². The number of allylic oxidation sites excluding steroid dienone is 1. The Bertz CT molecular complexity index is 779. The quantitative estimate of drug-likeness (QED) is 0.644. The average molecular weight is 246 g/mol. The molecule has 0 bridgehead atoms. The van der Waals surface area contributed by atoms with E-state index in [9.17, 15) is 5.26 Å². The monoisotopic (exact) mass is 246 g/mol. The van der Waals surface area contributed by atoms with Crippen LogP contribution in [0, 0.1) is 11.3 Å². The summed E-state index contributed by atoms with van der Waals surface area (Å²) < 4.78 is 5.46. The molecule has 0 aliphatic heterocycles. The van der Waals surface area contributed by atoms with E-state index in [4.69, 9.17) is 4.42 Å². The van der Waals surface area contributed by atoms with Gasteiger partial charge >= 0.3 is 0 Å². The standard InChI is InChI=1S/C16H10N2O/c17-9-13(8-12-4-3-7-18-10-12)15-11-19-16-6-2-1-5-14(15)16/h1-8,10-11H. The van der Waals surface area contributed by atoms with Crippen LogP contribution in [0.4, 0.5) is 0 Å². The number of nitrogens with zero attached hydrogens (tertiary/aromatic N) is 2. The van der Waals surface area contributed by atoms with Crippen LogP contribution in [0.2, 0.25) is 0 Å². The molecule has 0 unspecified atom stereocenters. The van der Waals surface area contributed by atoms with Gasteiger partial charge < -0.3 is 4.42 Å². The SMILES string of the molecule is N#CC(=Cc1cccnc1)c1coc2ccccc12. The zero-order chi connectivity index (χ0) is 13.1. The van der Waals surface area contributed by atoms with Crippen molar-refractivity contribution in [3.8, 4) is 6.07 Å². The second-order valence-corrected chi connectivity index (χ2v) is 4.10. The van der Waals surface area contributed by atoms with Crippen LogP contribution >= 0.6 is 0 Å². The number of para-hydroxylation sites is 1. The lowest BCUT2D eigenvalue weighted by atomic mass is 10.0. The molecule has 0 fully saturated rings. The van der Waals surface area contributed by atoms with E-state index in [2.05, 4.69) is 11.1 Å². The van der Waals surface area contributed by atoms with E-state index < -0.39 is 0 Å². The molecule has 90 valence electrons. The third kappa shape index (κ3) is 2.12. The summed E-state index contributed by atoms with van der Waals surface area (Å²) in [5.74, 6) is 0. The van der Waals surface area contributed by atoms with Crippen LogP contribution in [0.5, 0.6) is 0 Å². The third-order valence-corrected chi connectivity index (χ3v) is 2.89. The minimum Gasteiger partial charge on any atom is -0.464 e. The molecule has 2 heterocycles. The highest BCUT2D eigenvalue weighted by molar-refractivity contribution is 6.00. The Kier molecular flexibility index (Phi) is 2.83. The molecule has 0 N–H and O–H groups in total. The molecule has 19 heavy (non-hydrogen) atoms. The van der Waals surface area contributed by atoms with Gasteiger partial charge in [-0.05, 0) is 23.8 Å². The van der Waals surface area contributed by atoms with Gasteiger partial charge in [0.15, 0.2) is 0 Å². The van der Waals surface area contributed by atoms with Gasteiger partial charge in [-0.2, -0.15) is 5.26 Å². The van der Waals surface area contributed by atoms with Crippen LogP contribution in [0.1, 0.15) is 11.1 Å². The summed E-state index contributed by atoms with van der Waals surface area (Å²) in [5, 5.41) is 10.3. The van der Waals surface area contributed by atoms with Crippen molar-refractivity contribution in [1.29, 1.82) is 5.26 Å². The summed E-state index contributed by atoms with van der Waals surface area (Å²) in [4.78, 5) is 4.04. The lowest BCUT2D eigenvalue weighted by Crippen LogP contribution is -1.81. The van der Waals surface area contributed by atoms with E-state index in [1.54, 1.807) is 18.7 Å². The Hall–Kier alpha value is -2.86. The van der Waals surface area contributed by atoms with Crippen LogP contribution in [-0.4, -0.2) is 4.98 Å². The van der Waals surface area contributed by atoms with Crippen molar-refractivity contribution in [2.24, 2.45) is 0 Å². The molecule has 0 amide bonds. The van der Waals surface area contributed by atoms with E-state index in [0.29, 0.717) is 5.57 Å². The van der Waals surface area contributed by atoms with E-state index in [-0.39, 0.29) is 0 Å². The van der Waals surface area contributed by atoms with Gasteiger partial charge in [-0.1, -0.05) is 24.3 Å². The smallest absolute Gasteiger partial charge is 0.134 e. The number of pyridine rings is 1. The maximum Gasteiger partial charge on any atom is 0.134 e. The number of aromatic nitrogens is 1. The fourth-order valence-electron chi connectivity index (χ4n) is 1.98. The second kappa shape index (κ2) is 4.79. The van der Waals surface area contributed by atoms with Crippen molar-refractivity contribution in [3.05, 3.63) is 66.2 Å². The number of nitriles is 1. The van der Waals surface area contributed by atoms with Gasteiger partial charge in [-0.3, -0.25) is 4.98 Å². The van der Waals surface area contributed by atoms with Crippen molar-refractivity contribution in [1.82, 2.24) is 4.98 Å².